The summed E-state index contributed by atoms with van der Waals surface area (Å²) in [4.78, 5) is 22.6. The summed E-state index contributed by atoms with van der Waals surface area (Å²) in [5.41, 5.74) is 5.86. The lowest BCUT2D eigenvalue weighted by Gasteiger charge is -2.21. The molecule has 2 heterocycles. The molecule has 0 spiro atoms. The lowest BCUT2D eigenvalue weighted by atomic mass is 10.2. The van der Waals surface area contributed by atoms with E-state index in [1.807, 2.05) is 4.90 Å². The number of nitrogens with one attached hydrogen (secondary N) is 2. The first-order valence-corrected chi connectivity index (χ1v) is 10.4. The summed E-state index contributed by atoms with van der Waals surface area (Å²) in [6.45, 7) is 3.24. The molecule has 10 heteroatoms. The van der Waals surface area contributed by atoms with Crippen LogP contribution in [-0.2, 0) is 9.84 Å². The lowest BCUT2D eigenvalue weighted by molar-refractivity contribution is 0.100. The van der Waals surface area contributed by atoms with Gasteiger partial charge in [-0.25, -0.2) is 13.4 Å². The molecule has 0 atom stereocenters. The van der Waals surface area contributed by atoms with Gasteiger partial charge < -0.3 is 21.3 Å². The fourth-order valence-corrected chi connectivity index (χ4v) is 3.71. The van der Waals surface area contributed by atoms with Gasteiger partial charge in [-0.2, -0.15) is 4.98 Å². The number of primary amides is 1. The number of amides is 1. The van der Waals surface area contributed by atoms with Crippen molar-refractivity contribution in [3.8, 4) is 0 Å². The van der Waals surface area contributed by atoms with Crippen LogP contribution < -0.4 is 21.3 Å². The third kappa shape index (κ3) is 4.52. The molecule has 1 aromatic carbocycles. The molecule has 1 amide bonds. The van der Waals surface area contributed by atoms with Crippen LogP contribution in [-0.4, -0.2) is 56.7 Å². The van der Waals surface area contributed by atoms with Crippen LogP contribution in [0, 0.1) is 0 Å². The fraction of sp³-hybridized carbons (Fsp3) is 0.353. The highest BCUT2D eigenvalue weighted by Gasteiger charge is 2.19. The quantitative estimate of drug-likeness (QED) is 0.674. The van der Waals surface area contributed by atoms with Crippen molar-refractivity contribution in [2.75, 3.05) is 42.7 Å². The monoisotopic (exact) mass is 390 g/mol. The van der Waals surface area contributed by atoms with Crippen molar-refractivity contribution in [3.63, 3.8) is 0 Å². The van der Waals surface area contributed by atoms with Gasteiger partial charge in [0.05, 0.1) is 10.6 Å². The van der Waals surface area contributed by atoms with Crippen LogP contribution >= 0.6 is 0 Å². The average molecular weight is 390 g/mol. The van der Waals surface area contributed by atoms with E-state index in [4.69, 9.17) is 5.73 Å². The Bertz CT molecular complexity index is 939. The Hall–Kier alpha value is -2.72. The van der Waals surface area contributed by atoms with Gasteiger partial charge in [0, 0.05) is 32.1 Å². The number of benzene rings is 1. The Labute approximate surface area is 157 Å². The van der Waals surface area contributed by atoms with Gasteiger partial charge in [0.1, 0.15) is 11.4 Å². The van der Waals surface area contributed by atoms with Crippen molar-refractivity contribution >= 4 is 33.2 Å². The van der Waals surface area contributed by atoms with Crippen LogP contribution in [0.25, 0.3) is 0 Å². The predicted octanol–water partition coefficient (Wildman–Crippen LogP) is 0.522. The van der Waals surface area contributed by atoms with Crippen LogP contribution in [0.3, 0.4) is 0 Å². The topological polar surface area (TPSA) is 130 Å². The zero-order valence-corrected chi connectivity index (χ0v) is 15.8. The number of hydrogen-bond acceptors (Lipinski definition) is 8. The largest absolute Gasteiger partial charge is 0.365 e. The molecule has 2 aromatic rings. The molecule has 144 valence electrons. The zero-order chi connectivity index (χ0) is 19.4. The SMILES string of the molecule is CS(=O)(=O)c1ccccc1Nc1nc(N2CCCNCC2)ncc1C(N)=O. The lowest BCUT2D eigenvalue weighted by Crippen LogP contribution is -2.30. The Kier molecular flexibility index (Phi) is 5.57. The molecule has 1 aliphatic heterocycles. The second-order valence-electron chi connectivity index (χ2n) is 6.28. The van der Waals surface area contributed by atoms with E-state index in [-0.39, 0.29) is 16.3 Å². The minimum Gasteiger partial charge on any atom is -0.365 e. The number of para-hydroxylation sites is 1. The van der Waals surface area contributed by atoms with Crippen LogP contribution in [0.1, 0.15) is 16.8 Å². The molecule has 9 nitrogen and oxygen atoms in total. The van der Waals surface area contributed by atoms with E-state index in [9.17, 15) is 13.2 Å². The van der Waals surface area contributed by atoms with Crippen molar-refractivity contribution in [3.05, 3.63) is 36.0 Å². The molecule has 27 heavy (non-hydrogen) atoms. The maximum atomic E-state index is 12.0. The first-order chi connectivity index (χ1) is 12.9. The highest BCUT2D eigenvalue weighted by atomic mass is 32.2. The Morgan fingerprint density at radius 2 is 2.04 bits per heavy atom. The smallest absolute Gasteiger partial charge is 0.254 e. The summed E-state index contributed by atoms with van der Waals surface area (Å²) in [5, 5.41) is 6.25. The first kappa shape index (κ1) is 19.1. The predicted molar refractivity (Wildman–Crippen MR) is 103 cm³/mol. The molecule has 0 radical (unpaired) electrons. The molecule has 0 aliphatic carbocycles. The van der Waals surface area contributed by atoms with Gasteiger partial charge in [-0.05, 0) is 25.1 Å². The molecular formula is C17H22N6O3S. The van der Waals surface area contributed by atoms with Gasteiger partial charge in [0.2, 0.25) is 5.95 Å². The molecule has 1 fully saturated rings. The fourth-order valence-electron chi connectivity index (χ4n) is 2.87. The Morgan fingerprint density at radius 1 is 1.26 bits per heavy atom. The number of carbonyl (C=O) groups excluding carboxylic acids is 1. The summed E-state index contributed by atoms with van der Waals surface area (Å²) >= 11 is 0. The van der Waals surface area contributed by atoms with Gasteiger partial charge >= 0.3 is 0 Å². The van der Waals surface area contributed by atoms with E-state index in [1.165, 1.54) is 12.3 Å². The van der Waals surface area contributed by atoms with E-state index in [0.29, 0.717) is 11.6 Å². The van der Waals surface area contributed by atoms with Crippen molar-refractivity contribution in [1.82, 2.24) is 15.3 Å². The highest BCUT2D eigenvalue weighted by molar-refractivity contribution is 7.90. The maximum absolute atomic E-state index is 12.0. The number of nitrogens with two attached hydrogens (primary N) is 1. The minimum absolute atomic E-state index is 0.0926. The minimum atomic E-state index is -3.46. The average Bonchev–Trinajstić information content (AvgIpc) is 2.90. The molecule has 4 N–H and O–H groups in total. The number of carbonyl (C=O) groups is 1. The van der Waals surface area contributed by atoms with Crippen LogP contribution in [0.5, 0.6) is 0 Å². The van der Waals surface area contributed by atoms with Crippen molar-refractivity contribution < 1.29 is 13.2 Å². The van der Waals surface area contributed by atoms with Gasteiger partial charge in [-0.3, -0.25) is 4.79 Å². The number of anilines is 3. The van der Waals surface area contributed by atoms with E-state index < -0.39 is 15.7 Å². The Balaban J connectivity index is 2.01. The van der Waals surface area contributed by atoms with E-state index in [2.05, 4.69) is 20.6 Å². The van der Waals surface area contributed by atoms with E-state index >= 15 is 0 Å². The Morgan fingerprint density at radius 3 is 2.78 bits per heavy atom. The molecule has 0 saturated carbocycles. The summed E-state index contributed by atoms with van der Waals surface area (Å²) < 4.78 is 24.1. The third-order valence-electron chi connectivity index (χ3n) is 4.20. The van der Waals surface area contributed by atoms with E-state index in [1.54, 1.807) is 18.2 Å². The van der Waals surface area contributed by atoms with E-state index in [0.717, 1.165) is 38.9 Å². The standard InChI is InChI=1S/C17H22N6O3S/c1-27(25,26)14-6-3-2-5-13(14)21-16-12(15(18)24)11-20-17(22-16)23-9-4-7-19-8-10-23/h2-3,5-6,11,19H,4,7-10H2,1H3,(H2,18,24)(H,20,21,22). The maximum Gasteiger partial charge on any atom is 0.254 e. The molecule has 1 saturated heterocycles. The molecule has 0 bridgehead atoms. The van der Waals surface area contributed by atoms with Gasteiger partial charge in [0.15, 0.2) is 9.84 Å². The summed E-state index contributed by atoms with van der Waals surface area (Å²) in [5.74, 6) is -0.0535. The molecule has 3 rings (SSSR count). The number of nitrogens with zero attached hydrogens (tertiary/aromatic N) is 3. The number of sulfone groups is 1. The zero-order valence-electron chi connectivity index (χ0n) is 15.0. The number of aromatic nitrogens is 2. The van der Waals surface area contributed by atoms with Gasteiger partial charge in [-0.1, -0.05) is 12.1 Å². The van der Waals surface area contributed by atoms with Crippen molar-refractivity contribution in [1.29, 1.82) is 0 Å². The molecular weight excluding hydrogens is 368 g/mol. The third-order valence-corrected chi connectivity index (χ3v) is 5.36. The highest BCUT2D eigenvalue weighted by Crippen LogP contribution is 2.26. The van der Waals surface area contributed by atoms with Crippen molar-refractivity contribution in [2.45, 2.75) is 11.3 Å². The number of hydrogen-bond donors (Lipinski definition) is 3. The molecule has 1 aliphatic rings. The second-order valence-corrected chi connectivity index (χ2v) is 8.26. The van der Waals surface area contributed by atoms with Crippen molar-refractivity contribution in [2.24, 2.45) is 5.73 Å². The summed E-state index contributed by atoms with van der Waals surface area (Å²) in [6, 6.07) is 6.43. The van der Waals surface area contributed by atoms with Crippen LogP contribution in [0.2, 0.25) is 0 Å². The molecule has 1 aromatic heterocycles. The van der Waals surface area contributed by atoms with Gasteiger partial charge in [-0.15, -0.1) is 0 Å². The summed E-state index contributed by atoms with van der Waals surface area (Å²) in [6.07, 6.45) is 3.44. The number of rotatable bonds is 5. The normalized spacial score (nSPS) is 15.2. The molecule has 0 unspecified atom stereocenters. The first-order valence-electron chi connectivity index (χ1n) is 8.55. The summed E-state index contributed by atoms with van der Waals surface area (Å²) in [7, 11) is -3.46. The van der Waals surface area contributed by atoms with Crippen LogP contribution in [0.4, 0.5) is 17.5 Å². The van der Waals surface area contributed by atoms with Gasteiger partial charge in [0.25, 0.3) is 5.91 Å². The van der Waals surface area contributed by atoms with Crippen LogP contribution in [0.15, 0.2) is 35.4 Å². The second kappa shape index (κ2) is 7.89.